The van der Waals surface area contributed by atoms with Gasteiger partial charge in [-0.3, -0.25) is 9.59 Å². The number of carbonyl (C=O) groups excluding carboxylic acids is 2. The van der Waals surface area contributed by atoms with Crippen molar-refractivity contribution in [3.63, 3.8) is 0 Å². The lowest BCUT2D eigenvalue weighted by atomic mass is 10.1. The van der Waals surface area contributed by atoms with E-state index in [4.69, 9.17) is 5.11 Å². The Morgan fingerprint density at radius 1 is 1.24 bits per heavy atom. The van der Waals surface area contributed by atoms with Gasteiger partial charge in [-0.1, -0.05) is 0 Å². The van der Waals surface area contributed by atoms with Gasteiger partial charge < -0.3 is 15.3 Å². The molecule has 2 amide bonds. The number of hydrogen-bond donors (Lipinski definition) is 2. The fourth-order valence-electron chi connectivity index (χ4n) is 1.53. The molecular weight excluding hydrogens is 224 g/mol. The van der Waals surface area contributed by atoms with E-state index in [1.165, 1.54) is 18.7 Å². The molecule has 1 rings (SSSR count). The van der Waals surface area contributed by atoms with Crippen molar-refractivity contribution in [3.8, 4) is 0 Å². The van der Waals surface area contributed by atoms with E-state index in [0.29, 0.717) is 19.6 Å². The highest BCUT2D eigenvalue weighted by Gasteiger charge is 2.21. The molecule has 0 spiro atoms. The molecule has 0 aromatic heterocycles. The molecule has 1 fully saturated rings. The molecule has 2 N–H and O–H groups in total. The third kappa shape index (κ3) is 3.30. The molecule has 17 heavy (non-hydrogen) atoms. The van der Waals surface area contributed by atoms with Gasteiger partial charge >= 0.3 is 5.97 Å². The van der Waals surface area contributed by atoms with E-state index in [0.717, 1.165) is 0 Å². The summed E-state index contributed by atoms with van der Waals surface area (Å²) < 4.78 is 0. The zero-order valence-electron chi connectivity index (χ0n) is 9.95. The van der Waals surface area contributed by atoms with E-state index in [-0.39, 0.29) is 29.4 Å². The second-order valence-electron chi connectivity index (χ2n) is 3.95. The lowest BCUT2D eigenvalue weighted by molar-refractivity contribution is -0.134. The van der Waals surface area contributed by atoms with Crippen LogP contribution in [0.5, 0.6) is 0 Å². The van der Waals surface area contributed by atoms with E-state index in [1.807, 2.05) is 0 Å². The highest BCUT2D eigenvalue weighted by Crippen LogP contribution is 2.09. The predicted molar refractivity (Wildman–Crippen MR) is 60.2 cm³/mol. The van der Waals surface area contributed by atoms with Crippen LogP contribution < -0.4 is 5.32 Å². The number of nitrogens with one attached hydrogen (secondary N) is 1. The minimum Gasteiger partial charge on any atom is -0.478 e. The number of hydrogen-bond acceptors (Lipinski definition) is 3. The summed E-state index contributed by atoms with van der Waals surface area (Å²) in [5.74, 6) is -1.50. The van der Waals surface area contributed by atoms with Crippen LogP contribution in [-0.4, -0.2) is 47.4 Å². The van der Waals surface area contributed by atoms with E-state index >= 15 is 0 Å². The van der Waals surface area contributed by atoms with Gasteiger partial charge in [0.05, 0.1) is 0 Å². The summed E-state index contributed by atoms with van der Waals surface area (Å²) in [6.07, 6.45) is 0.255. The molecule has 0 aliphatic carbocycles. The number of nitrogens with zero attached hydrogens (tertiary/aromatic N) is 1. The fraction of sp³-hybridized carbons (Fsp3) is 0.545. The van der Waals surface area contributed by atoms with Crippen LogP contribution in [0, 0.1) is 0 Å². The minimum absolute atomic E-state index is 0.0403. The Labute approximate surface area is 99.3 Å². The first-order chi connectivity index (χ1) is 7.93. The van der Waals surface area contributed by atoms with Crippen LogP contribution in [0.1, 0.15) is 20.3 Å². The molecule has 1 aliphatic rings. The van der Waals surface area contributed by atoms with Gasteiger partial charge in [0.2, 0.25) is 11.8 Å². The molecule has 0 aromatic carbocycles. The quantitative estimate of drug-likeness (QED) is 0.652. The summed E-state index contributed by atoms with van der Waals surface area (Å²) >= 11 is 0. The van der Waals surface area contributed by atoms with Crippen LogP contribution in [0.4, 0.5) is 0 Å². The van der Waals surface area contributed by atoms with Gasteiger partial charge in [0.15, 0.2) is 0 Å². The Morgan fingerprint density at radius 2 is 1.88 bits per heavy atom. The van der Waals surface area contributed by atoms with Crippen LogP contribution in [0.15, 0.2) is 11.1 Å². The molecule has 6 nitrogen and oxygen atoms in total. The molecule has 0 radical (unpaired) electrons. The summed E-state index contributed by atoms with van der Waals surface area (Å²) in [4.78, 5) is 35.3. The summed E-state index contributed by atoms with van der Waals surface area (Å²) in [6, 6.07) is 0. The predicted octanol–water partition coefficient (Wildman–Crippen LogP) is -0.244. The molecule has 0 saturated carbocycles. The Bertz CT molecular complexity index is 387. The second-order valence-corrected chi connectivity index (χ2v) is 3.95. The number of carboxylic acid groups (broad SMARTS) is 1. The van der Waals surface area contributed by atoms with Crippen molar-refractivity contribution in [2.24, 2.45) is 0 Å². The number of aliphatic carboxylic acids is 1. The van der Waals surface area contributed by atoms with Gasteiger partial charge in [-0.15, -0.1) is 0 Å². The monoisotopic (exact) mass is 240 g/mol. The molecular formula is C11H16N2O4. The van der Waals surface area contributed by atoms with Crippen molar-refractivity contribution in [2.45, 2.75) is 20.3 Å². The molecule has 6 heteroatoms. The Hall–Kier alpha value is -1.85. The molecule has 1 saturated heterocycles. The van der Waals surface area contributed by atoms with Crippen molar-refractivity contribution < 1.29 is 19.5 Å². The van der Waals surface area contributed by atoms with Crippen LogP contribution >= 0.6 is 0 Å². The van der Waals surface area contributed by atoms with Gasteiger partial charge in [-0.2, -0.15) is 0 Å². The highest BCUT2D eigenvalue weighted by atomic mass is 16.4. The standard InChI is InChI=1S/C11H16N2O4/c1-7(8(2)11(16)17)10(15)13-5-3-9(14)12-4-6-13/h3-6H2,1-2H3,(H,12,14)(H,16,17). The fourth-order valence-corrected chi connectivity index (χ4v) is 1.53. The number of carboxylic acids is 1. The lowest BCUT2D eigenvalue weighted by Crippen LogP contribution is -2.35. The van der Waals surface area contributed by atoms with Gasteiger partial charge in [0.25, 0.3) is 0 Å². The van der Waals surface area contributed by atoms with Gasteiger partial charge in [0.1, 0.15) is 0 Å². The second kappa shape index (κ2) is 5.47. The van der Waals surface area contributed by atoms with E-state index in [1.54, 1.807) is 0 Å². The molecule has 94 valence electrons. The lowest BCUT2D eigenvalue weighted by Gasteiger charge is -2.20. The molecule has 1 aliphatic heterocycles. The van der Waals surface area contributed by atoms with Crippen molar-refractivity contribution in [1.82, 2.24) is 10.2 Å². The minimum atomic E-state index is -1.10. The maximum atomic E-state index is 12.0. The third-order valence-corrected chi connectivity index (χ3v) is 2.80. The summed E-state index contributed by atoms with van der Waals surface area (Å²) in [5, 5.41) is 11.5. The maximum absolute atomic E-state index is 12.0. The van der Waals surface area contributed by atoms with Crippen LogP contribution in [0.3, 0.4) is 0 Å². The van der Waals surface area contributed by atoms with Crippen molar-refractivity contribution in [2.75, 3.05) is 19.6 Å². The van der Waals surface area contributed by atoms with E-state index in [9.17, 15) is 14.4 Å². The largest absolute Gasteiger partial charge is 0.478 e. The van der Waals surface area contributed by atoms with Gasteiger partial charge in [-0.05, 0) is 13.8 Å². The average molecular weight is 240 g/mol. The zero-order valence-corrected chi connectivity index (χ0v) is 9.95. The summed E-state index contributed by atoms with van der Waals surface area (Å²) in [6.45, 7) is 4.04. The van der Waals surface area contributed by atoms with E-state index < -0.39 is 5.97 Å². The van der Waals surface area contributed by atoms with Crippen molar-refractivity contribution >= 4 is 17.8 Å². The molecule has 1 heterocycles. The smallest absolute Gasteiger partial charge is 0.331 e. The Balaban J connectivity index is 2.79. The molecule has 0 aromatic rings. The molecule has 0 bridgehead atoms. The number of amides is 2. The van der Waals surface area contributed by atoms with Crippen molar-refractivity contribution in [1.29, 1.82) is 0 Å². The third-order valence-electron chi connectivity index (χ3n) is 2.80. The Kier molecular flexibility index (Phi) is 4.25. The topological polar surface area (TPSA) is 86.7 Å². The molecule has 0 atom stereocenters. The van der Waals surface area contributed by atoms with Crippen LogP contribution in [-0.2, 0) is 14.4 Å². The van der Waals surface area contributed by atoms with Crippen LogP contribution in [0.25, 0.3) is 0 Å². The van der Waals surface area contributed by atoms with Gasteiger partial charge in [-0.25, -0.2) is 4.79 Å². The first-order valence-corrected chi connectivity index (χ1v) is 5.40. The average Bonchev–Trinajstić information content (AvgIpc) is 2.51. The summed E-state index contributed by atoms with van der Waals surface area (Å²) in [7, 11) is 0. The normalized spacial score (nSPS) is 18.0. The summed E-state index contributed by atoms with van der Waals surface area (Å²) in [5.41, 5.74) is 0.255. The van der Waals surface area contributed by atoms with Crippen LogP contribution in [0.2, 0.25) is 0 Å². The molecule has 0 unspecified atom stereocenters. The first-order valence-electron chi connectivity index (χ1n) is 5.40. The number of carbonyl (C=O) groups is 3. The maximum Gasteiger partial charge on any atom is 0.331 e. The zero-order chi connectivity index (χ0) is 13.0. The Morgan fingerprint density at radius 3 is 2.47 bits per heavy atom. The first kappa shape index (κ1) is 13.2. The van der Waals surface area contributed by atoms with Crippen molar-refractivity contribution in [3.05, 3.63) is 11.1 Å². The van der Waals surface area contributed by atoms with Gasteiger partial charge in [0, 0.05) is 37.2 Å². The number of rotatable bonds is 2. The van der Waals surface area contributed by atoms with E-state index in [2.05, 4.69) is 5.32 Å². The SMILES string of the molecule is CC(C(=O)O)=C(C)C(=O)N1CCNC(=O)CC1. The highest BCUT2D eigenvalue weighted by molar-refractivity contribution is 6.01.